The number of fused-ring (bicyclic) bond motifs is 1. The van der Waals surface area contributed by atoms with Crippen molar-refractivity contribution in [1.82, 2.24) is 10.4 Å². The number of carbonyl (C=O) groups excluding carboxylic acids is 1. The van der Waals surface area contributed by atoms with Crippen LogP contribution in [0.2, 0.25) is 0 Å². The van der Waals surface area contributed by atoms with Gasteiger partial charge in [0, 0.05) is 23.5 Å². The first-order chi connectivity index (χ1) is 12.1. The molecule has 5 heteroatoms. The van der Waals surface area contributed by atoms with E-state index in [-0.39, 0.29) is 12.0 Å². The normalized spacial score (nSPS) is 11.2. The van der Waals surface area contributed by atoms with E-state index in [1.54, 1.807) is 30.7 Å². The summed E-state index contributed by atoms with van der Waals surface area (Å²) >= 11 is 0. The van der Waals surface area contributed by atoms with Crippen molar-refractivity contribution in [3.05, 3.63) is 72.1 Å². The third-order valence-corrected chi connectivity index (χ3v) is 3.60. The molecule has 0 aliphatic carbocycles. The second-order valence-electron chi connectivity index (χ2n) is 5.80. The summed E-state index contributed by atoms with van der Waals surface area (Å²) < 4.78 is 5.88. The molecule has 0 saturated carbocycles. The zero-order valence-electron chi connectivity index (χ0n) is 14.1. The molecule has 0 aliphatic rings. The highest BCUT2D eigenvalue weighted by Crippen LogP contribution is 2.27. The maximum atomic E-state index is 12.1. The number of carbonyl (C=O) groups is 1. The molecular weight excluding hydrogens is 314 g/mol. The maximum absolute atomic E-state index is 12.1. The number of amides is 1. The summed E-state index contributed by atoms with van der Waals surface area (Å²) in [6.45, 7) is 3.95. The van der Waals surface area contributed by atoms with Gasteiger partial charge in [0.2, 0.25) is 0 Å². The first-order valence-corrected chi connectivity index (χ1v) is 8.07. The lowest BCUT2D eigenvalue weighted by molar-refractivity contribution is 0.0955. The lowest BCUT2D eigenvalue weighted by atomic mass is 10.0. The zero-order valence-corrected chi connectivity index (χ0v) is 14.1. The zero-order chi connectivity index (χ0) is 17.6. The Morgan fingerprint density at radius 1 is 1.12 bits per heavy atom. The van der Waals surface area contributed by atoms with E-state index in [2.05, 4.69) is 15.5 Å². The largest absolute Gasteiger partial charge is 0.490 e. The summed E-state index contributed by atoms with van der Waals surface area (Å²) in [7, 11) is 0. The fraction of sp³-hybridized carbons (Fsp3) is 0.150. The lowest BCUT2D eigenvalue weighted by Crippen LogP contribution is -2.17. The van der Waals surface area contributed by atoms with Crippen LogP contribution < -0.4 is 10.2 Å². The number of nitrogens with zero attached hydrogens (tertiary/aromatic N) is 2. The van der Waals surface area contributed by atoms with E-state index in [0.717, 1.165) is 22.1 Å². The topological polar surface area (TPSA) is 63.6 Å². The van der Waals surface area contributed by atoms with Crippen molar-refractivity contribution in [2.24, 2.45) is 5.10 Å². The second-order valence-corrected chi connectivity index (χ2v) is 5.80. The molecule has 1 amide bonds. The summed E-state index contributed by atoms with van der Waals surface area (Å²) in [5, 5.41) is 6.21. The Bertz CT molecular complexity index is 905. The molecule has 0 aliphatic heterocycles. The minimum atomic E-state index is -0.287. The number of aromatic nitrogens is 1. The molecule has 3 rings (SSSR count). The van der Waals surface area contributed by atoms with Crippen molar-refractivity contribution in [1.29, 1.82) is 0 Å². The van der Waals surface area contributed by atoms with Gasteiger partial charge in [0.1, 0.15) is 5.75 Å². The molecule has 0 saturated heterocycles. The molecule has 1 heterocycles. The highest BCUT2D eigenvalue weighted by atomic mass is 16.5. The minimum absolute atomic E-state index is 0.0414. The molecule has 25 heavy (non-hydrogen) atoms. The van der Waals surface area contributed by atoms with Crippen LogP contribution in [-0.4, -0.2) is 23.2 Å². The molecular formula is C20H19N3O2. The number of hydrazone groups is 1. The van der Waals surface area contributed by atoms with Crippen LogP contribution in [0.4, 0.5) is 0 Å². The number of benzene rings is 2. The molecule has 0 unspecified atom stereocenters. The van der Waals surface area contributed by atoms with Crippen LogP contribution in [0.25, 0.3) is 10.8 Å². The average Bonchev–Trinajstić information content (AvgIpc) is 2.63. The van der Waals surface area contributed by atoms with Crippen LogP contribution in [0.1, 0.15) is 29.8 Å². The molecule has 0 bridgehead atoms. The van der Waals surface area contributed by atoms with Gasteiger partial charge in [-0.3, -0.25) is 9.78 Å². The van der Waals surface area contributed by atoms with Crippen LogP contribution in [0.15, 0.2) is 66.0 Å². The van der Waals surface area contributed by atoms with Gasteiger partial charge in [-0.05, 0) is 42.8 Å². The molecule has 0 fully saturated rings. The van der Waals surface area contributed by atoms with Crippen LogP contribution >= 0.6 is 0 Å². The summed E-state index contributed by atoms with van der Waals surface area (Å²) in [5.41, 5.74) is 3.88. The predicted octanol–water partition coefficient (Wildman–Crippen LogP) is 3.79. The van der Waals surface area contributed by atoms with Gasteiger partial charge >= 0.3 is 0 Å². The van der Waals surface area contributed by atoms with Gasteiger partial charge < -0.3 is 4.74 Å². The Hall–Kier alpha value is -3.21. The summed E-state index contributed by atoms with van der Waals surface area (Å²) in [5.74, 6) is 0.445. The fourth-order valence-electron chi connectivity index (χ4n) is 2.49. The Morgan fingerprint density at radius 2 is 1.88 bits per heavy atom. The quantitative estimate of drug-likeness (QED) is 0.571. The monoisotopic (exact) mass is 333 g/mol. The van der Waals surface area contributed by atoms with Crippen molar-refractivity contribution in [2.75, 3.05) is 0 Å². The average molecular weight is 333 g/mol. The first-order valence-electron chi connectivity index (χ1n) is 8.07. The van der Waals surface area contributed by atoms with Gasteiger partial charge in [-0.2, -0.15) is 5.10 Å². The van der Waals surface area contributed by atoms with E-state index < -0.39 is 0 Å². The third kappa shape index (κ3) is 4.01. The molecule has 126 valence electrons. The highest BCUT2D eigenvalue weighted by Gasteiger charge is 2.09. The number of nitrogens with one attached hydrogen (secondary N) is 1. The van der Waals surface area contributed by atoms with Gasteiger partial charge in [0.15, 0.2) is 0 Å². The van der Waals surface area contributed by atoms with Gasteiger partial charge in [0.05, 0.1) is 12.3 Å². The molecule has 1 N–H and O–H groups in total. The van der Waals surface area contributed by atoms with Crippen molar-refractivity contribution in [2.45, 2.75) is 20.0 Å². The predicted molar refractivity (Wildman–Crippen MR) is 99.0 cm³/mol. The van der Waals surface area contributed by atoms with Crippen LogP contribution in [0, 0.1) is 0 Å². The van der Waals surface area contributed by atoms with E-state index in [1.807, 2.05) is 50.2 Å². The molecule has 3 aromatic rings. The maximum Gasteiger partial charge on any atom is 0.271 e. The van der Waals surface area contributed by atoms with Crippen molar-refractivity contribution < 1.29 is 9.53 Å². The third-order valence-electron chi connectivity index (χ3n) is 3.60. The van der Waals surface area contributed by atoms with Gasteiger partial charge in [-0.1, -0.05) is 30.3 Å². The summed E-state index contributed by atoms with van der Waals surface area (Å²) in [6, 6.07) is 15.2. The van der Waals surface area contributed by atoms with Gasteiger partial charge in [-0.25, -0.2) is 5.43 Å². The van der Waals surface area contributed by atoms with Crippen molar-refractivity contribution in [3.63, 3.8) is 0 Å². The van der Waals surface area contributed by atoms with Crippen molar-refractivity contribution in [3.8, 4) is 5.75 Å². The van der Waals surface area contributed by atoms with E-state index in [4.69, 9.17) is 4.74 Å². The van der Waals surface area contributed by atoms with Crippen LogP contribution in [-0.2, 0) is 0 Å². The number of rotatable bonds is 5. The van der Waals surface area contributed by atoms with E-state index in [9.17, 15) is 4.79 Å². The highest BCUT2D eigenvalue weighted by molar-refractivity contribution is 6.03. The van der Waals surface area contributed by atoms with E-state index >= 15 is 0 Å². The van der Waals surface area contributed by atoms with Crippen LogP contribution in [0.5, 0.6) is 5.75 Å². The molecule has 0 atom stereocenters. The molecule has 2 aromatic carbocycles. The number of hydrogen-bond donors (Lipinski definition) is 1. The van der Waals surface area contributed by atoms with Crippen LogP contribution in [0.3, 0.4) is 0 Å². The Labute approximate surface area is 146 Å². The Kier molecular flexibility index (Phi) is 5.04. The Morgan fingerprint density at radius 3 is 2.64 bits per heavy atom. The standard InChI is InChI=1S/C20H19N3O2/c1-14(2)25-19-8-7-15-5-3-4-6-17(15)18(19)13-22-23-20(24)16-9-11-21-12-10-16/h3-14H,1-2H3,(H,23,24)/b22-13-. The SMILES string of the molecule is CC(C)Oc1ccc2ccccc2c1/C=N\NC(=O)c1ccncc1. The van der Waals surface area contributed by atoms with E-state index in [0.29, 0.717) is 5.56 Å². The second kappa shape index (κ2) is 7.57. The molecule has 0 radical (unpaired) electrons. The number of pyridine rings is 1. The lowest BCUT2D eigenvalue weighted by Gasteiger charge is -2.14. The first kappa shape index (κ1) is 16.6. The summed E-state index contributed by atoms with van der Waals surface area (Å²) in [6.07, 6.45) is 4.80. The minimum Gasteiger partial charge on any atom is -0.490 e. The number of ether oxygens (including phenoxy) is 1. The summed E-state index contributed by atoms with van der Waals surface area (Å²) in [4.78, 5) is 16.0. The van der Waals surface area contributed by atoms with Gasteiger partial charge in [-0.15, -0.1) is 0 Å². The molecule has 0 spiro atoms. The Balaban J connectivity index is 1.89. The van der Waals surface area contributed by atoms with E-state index in [1.165, 1.54) is 0 Å². The smallest absolute Gasteiger partial charge is 0.271 e. The van der Waals surface area contributed by atoms with Gasteiger partial charge in [0.25, 0.3) is 5.91 Å². The molecule has 1 aromatic heterocycles. The molecule has 5 nitrogen and oxygen atoms in total. The number of hydrogen-bond acceptors (Lipinski definition) is 4. The fourth-order valence-corrected chi connectivity index (χ4v) is 2.49. The van der Waals surface area contributed by atoms with Crippen molar-refractivity contribution >= 4 is 22.9 Å².